The van der Waals surface area contributed by atoms with Gasteiger partial charge in [-0.25, -0.2) is 4.98 Å². The van der Waals surface area contributed by atoms with Crippen LogP contribution in [0.5, 0.6) is 5.75 Å². The second-order valence-corrected chi connectivity index (χ2v) is 5.28. The molecule has 2 N–H and O–H groups in total. The Hall–Kier alpha value is -2.14. The number of aromatic nitrogens is 2. The van der Waals surface area contributed by atoms with Crippen LogP contribution in [0.25, 0.3) is 0 Å². The number of benzene rings is 1. The van der Waals surface area contributed by atoms with Gasteiger partial charge in [-0.05, 0) is 24.0 Å². The van der Waals surface area contributed by atoms with Crippen LogP contribution in [-0.4, -0.2) is 28.5 Å². The first-order valence-electron chi connectivity index (χ1n) is 7.24. The summed E-state index contributed by atoms with van der Waals surface area (Å²) in [5.74, 6) is 1.18. The van der Waals surface area contributed by atoms with E-state index in [1.54, 1.807) is 12.5 Å². The van der Waals surface area contributed by atoms with E-state index in [2.05, 4.69) is 4.98 Å². The largest absolute Gasteiger partial charge is 0.493 e. The lowest BCUT2D eigenvalue weighted by Crippen LogP contribution is -2.17. The van der Waals surface area contributed by atoms with Crippen molar-refractivity contribution in [2.75, 3.05) is 13.2 Å². The maximum atomic E-state index is 12.4. The van der Waals surface area contributed by atoms with E-state index < -0.39 is 0 Å². The van der Waals surface area contributed by atoms with Gasteiger partial charge in [0.25, 0.3) is 0 Å². The van der Waals surface area contributed by atoms with Crippen LogP contribution in [0.2, 0.25) is 0 Å². The predicted octanol–water partition coefficient (Wildman–Crippen LogP) is 1.98. The number of ketones is 1. The van der Waals surface area contributed by atoms with Crippen molar-refractivity contribution in [3.63, 3.8) is 0 Å². The molecule has 2 heterocycles. The third-order valence-electron chi connectivity index (χ3n) is 3.82. The molecule has 0 saturated heterocycles. The number of para-hydroxylation sites is 1. The highest BCUT2D eigenvalue weighted by Gasteiger charge is 2.24. The molecule has 1 unspecified atom stereocenters. The number of nitrogens with zero attached hydrogens (tertiary/aromatic N) is 2. The Balaban J connectivity index is 1.73. The van der Waals surface area contributed by atoms with Crippen molar-refractivity contribution in [2.24, 2.45) is 5.73 Å². The summed E-state index contributed by atoms with van der Waals surface area (Å²) in [5.41, 5.74) is 7.15. The number of hydrogen-bond donors (Lipinski definition) is 1. The first-order chi connectivity index (χ1) is 10.3. The lowest BCUT2D eigenvalue weighted by atomic mass is 9.88. The normalized spacial score (nSPS) is 17.1. The minimum absolute atomic E-state index is 0.0764. The number of ether oxygens (including phenoxy) is 1. The zero-order valence-electron chi connectivity index (χ0n) is 11.9. The predicted molar refractivity (Wildman–Crippen MR) is 79.5 cm³/mol. The summed E-state index contributed by atoms with van der Waals surface area (Å²) in [6.45, 7) is 1.88. The molecule has 21 heavy (non-hydrogen) atoms. The van der Waals surface area contributed by atoms with Crippen molar-refractivity contribution in [2.45, 2.75) is 25.3 Å². The molecule has 0 bridgehead atoms. The molecule has 0 fully saturated rings. The van der Waals surface area contributed by atoms with E-state index in [-0.39, 0.29) is 11.7 Å². The van der Waals surface area contributed by atoms with E-state index in [4.69, 9.17) is 10.5 Å². The Morgan fingerprint density at radius 1 is 1.43 bits per heavy atom. The molecule has 0 spiro atoms. The Bertz CT molecular complexity index is 636. The van der Waals surface area contributed by atoms with Crippen LogP contribution >= 0.6 is 0 Å². The zero-order chi connectivity index (χ0) is 14.7. The van der Waals surface area contributed by atoms with Crippen molar-refractivity contribution in [1.29, 1.82) is 0 Å². The van der Waals surface area contributed by atoms with Gasteiger partial charge in [0, 0.05) is 25.7 Å². The van der Waals surface area contributed by atoms with Crippen molar-refractivity contribution in [1.82, 2.24) is 9.55 Å². The standard InChI is InChI=1S/C16H19N3O2/c17-6-7-19-10-14(18-11-19)15(20)9-12-5-8-21-16-4-2-1-3-13(12)16/h1-4,10-12H,5-9,17H2. The van der Waals surface area contributed by atoms with E-state index in [0.29, 0.717) is 31.8 Å². The van der Waals surface area contributed by atoms with Gasteiger partial charge in [0.15, 0.2) is 5.78 Å². The molecule has 0 radical (unpaired) electrons. The highest BCUT2D eigenvalue weighted by Crippen LogP contribution is 2.35. The molecule has 1 aliphatic heterocycles. The Morgan fingerprint density at radius 2 is 2.29 bits per heavy atom. The summed E-state index contributed by atoms with van der Waals surface area (Å²) >= 11 is 0. The molecule has 1 aromatic carbocycles. The third-order valence-corrected chi connectivity index (χ3v) is 3.82. The number of imidazole rings is 1. The number of nitrogens with two attached hydrogens (primary N) is 1. The van der Waals surface area contributed by atoms with Gasteiger partial charge in [0.1, 0.15) is 11.4 Å². The summed E-state index contributed by atoms with van der Waals surface area (Å²) in [7, 11) is 0. The molecule has 1 aliphatic rings. The summed E-state index contributed by atoms with van der Waals surface area (Å²) in [6, 6.07) is 7.94. The molecule has 3 rings (SSSR count). The number of Topliss-reactive ketones (excluding diaryl/α,β-unsaturated/α-hetero) is 1. The van der Waals surface area contributed by atoms with Gasteiger partial charge < -0.3 is 15.0 Å². The van der Waals surface area contributed by atoms with Crippen LogP contribution in [0.1, 0.15) is 34.8 Å². The van der Waals surface area contributed by atoms with Gasteiger partial charge in [-0.15, -0.1) is 0 Å². The number of hydrogen-bond acceptors (Lipinski definition) is 4. The van der Waals surface area contributed by atoms with E-state index in [1.807, 2.05) is 28.8 Å². The molecular weight excluding hydrogens is 266 g/mol. The summed E-state index contributed by atoms with van der Waals surface area (Å²) in [6.07, 6.45) is 4.78. The highest BCUT2D eigenvalue weighted by atomic mass is 16.5. The van der Waals surface area contributed by atoms with Gasteiger partial charge in [-0.1, -0.05) is 18.2 Å². The molecular formula is C16H19N3O2. The molecule has 5 heteroatoms. The maximum absolute atomic E-state index is 12.4. The molecule has 2 aromatic rings. The minimum Gasteiger partial charge on any atom is -0.493 e. The van der Waals surface area contributed by atoms with Crippen LogP contribution < -0.4 is 10.5 Å². The van der Waals surface area contributed by atoms with E-state index >= 15 is 0 Å². The first-order valence-corrected chi connectivity index (χ1v) is 7.24. The van der Waals surface area contributed by atoms with Crippen LogP contribution in [0.3, 0.4) is 0 Å². The van der Waals surface area contributed by atoms with Gasteiger partial charge >= 0.3 is 0 Å². The minimum atomic E-state index is 0.0764. The SMILES string of the molecule is NCCn1cnc(C(=O)CC2CCOc3ccccc32)c1. The summed E-state index contributed by atoms with van der Waals surface area (Å²) < 4.78 is 7.48. The van der Waals surface area contributed by atoms with E-state index in [9.17, 15) is 4.79 Å². The second-order valence-electron chi connectivity index (χ2n) is 5.28. The fourth-order valence-corrected chi connectivity index (χ4v) is 2.73. The van der Waals surface area contributed by atoms with Crippen molar-refractivity contribution >= 4 is 5.78 Å². The van der Waals surface area contributed by atoms with Crippen LogP contribution in [-0.2, 0) is 6.54 Å². The number of rotatable bonds is 5. The second kappa shape index (κ2) is 6.10. The first kappa shape index (κ1) is 13.8. The molecule has 1 aromatic heterocycles. The molecule has 110 valence electrons. The Labute approximate surface area is 123 Å². The average Bonchev–Trinajstić information content (AvgIpc) is 2.97. The van der Waals surface area contributed by atoms with Crippen LogP contribution in [0.4, 0.5) is 0 Å². The van der Waals surface area contributed by atoms with Gasteiger partial charge in [-0.2, -0.15) is 0 Å². The topological polar surface area (TPSA) is 70.1 Å². The third kappa shape index (κ3) is 2.97. The summed E-state index contributed by atoms with van der Waals surface area (Å²) in [4.78, 5) is 16.6. The number of carbonyl (C=O) groups excluding carboxylic acids is 1. The Morgan fingerprint density at radius 3 is 3.14 bits per heavy atom. The fourth-order valence-electron chi connectivity index (χ4n) is 2.73. The van der Waals surface area contributed by atoms with Crippen LogP contribution in [0.15, 0.2) is 36.8 Å². The van der Waals surface area contributed by atoms with Crippen LogP contribution in [0, 0.1) is 0 Å². The van der Waals surface area contributed by atoms with Crippen molar-refractivity contribution < 1.29 is 9.53 Å². The van der Waals surface area contributed by atoms with E-state index in [0.717, 1.165) is 17.7 Å². The zero-order valence-corrected chi connectivity index (χ0v) is 11.9. The van der Waals surface area contributed by atoms with Crippen molar-refractivity contribution in [3.8, 4) is 5.75 Å². The molecule has 1 atom stereocenters. The average molecular weight is 285 g/mol. The fraction of sp³-hybridized carbons (Fsp3) is 0.375. The molecule has 0 aliphatic carbocycles. The molecule has 0 amide bonds. The summed E-state index contributed by atoms with van der Waals surface area (Å²) in [5, 5.41) is 0. The molecule has 0 saturated carbocycles. The quantitative estimate of drug-likeness (QED) is 0.853. The maximum Gasteiger partial charge on any atom is 0.183 e. The van der Waals surface area contributed by atoms with Gasteiger partial charge in [0.2, 0.25) is 0 Å². The lowest BCUT2D eigenvalue weighted by molar-refractivity contribution is 0.0961. The van der Waals surface area contributed by atoms with E-state index in [1.165, 1.54) is 0 Å². The number of carbonyl (C=O) groups is 1. The number of fused-ring (bicyclic) bond motifs is 1. The molecule has 5 nitrogen and oxygen atoms in total. The van der Waals surface area contributed by atoms with Gasteiger partial charge in [0.05, 0.1) is 12.9 Å². The lowest BCUT2D eigenvalue weighted by Gasteiger charge is -2.25. The highest BCUT2D eigenvalue weighted by molar-refractivity contribution is 5.94. The Kier molecular flexibility index (Phi) is 4.01. The monoisotopic (exact) mass is 285 g/mol. The smallest absolute Gasteiger partial charge is 0.183 e. The van der Waals surface area contributed by atoms with Gasteiger partial charge in [-0.3, -0.25) is 4.79 Å². The van der Waals surface area contributed by atoms with Crippen molar-refractivity contribution in [3.05, 3.63) is 48.0 Å².